The van der Waals surface area contributed by atoms with Gasteiger partial charge in [-0.1, -0.05) is 50.2 Å². The van der Waals surface area contributed by atoms with Crippen LogP contribution in [0.25, 0.3) is 11.1 Å². The number of nitrogens with one attached hydrogen (secondary N) is 1. The molecule has 0 bridgehead atoms. The van der Waals surface area contributed by atoms with Gasteiger partial charge < -0.3 is 10.1 Å². The zero-order valence-corrected chi connectivity index (χ0v) is 17.3. The highest BCUT2D eigenvalue weighted by Crippen LogP contribution is 2.37. The van der Waals surface area contributed by atoms with E-state index in [9.17, 15) is 14.0 Å². The second kappa shape index (κ2) is 9.01. The smallest absolute Gasteiger partial charge is 0.341 e. The predicted molar refractivity (Wildman–Crippen MR) is 114 cm³/mol. The van der Waals surface area contributed by atoms with Crippen molar-refractivity contribution in [1.29, 1.82) is 0 Å². The molecule has 6 heteroatoms. The topological polar surface area (TPSA) is 55.4 Å². The van der Waals surface area contributed by atoms with Crippen LogP contribution >= 0.6 is 11.3 Å². The molecular formula is C23H22FNO3S. The van der Waals surface area contributed by atoms with Gasteiger partial charge >= 0.3 is 5.97 Å². The van der Waals surface area contributed by atoms with Crippen molar-refractivity contribution in [2.75, 3.05) is 11.9 Å². The highest BCUT2D eigenvalue weighted by Gasteiger charge is 2.24. The molecule has 1 heterocycles. The third kappa shape index (κ3) is 4.54. The van der Waals surface area contributed by atoms with Crippen LogP contribution in [0.1, 0.15) is 53.0 Å². The van der Waals surface area contributed by atoms with Gasteiger partial charge in [-0.2, -0.15) is 0 Å². The summed E-state index contributed by atoms with van der Waals surface area (Å²) in [6.07, 6.45) is 0. The van der Waals surface area contributed by atoms with Crippen molar-refractivity contribution in [3.8, 4) is 11.1 Å². The summed E-state index contributed by atoms with van der Waals surface area (Å²) >= 11 is 1.21. The fraction of sp³-hybridized carbons (Fsp3) is 0.217. The number of carbonyl (C=O) groups excluding carboxylic acids is 2. The number of amides is 1. The Hall–Kier alpha value is -2.99. The van der Waals surface area contributed by atoms with Crippen molar-refractivity contribution in [3.63, 3.8) is 0 Å². The summed E-state index contributed by atoms with van der Waals surface area (Å²) in [7, 11) is 0. The number of anilines is 1. The maximum Gasteiger partial charge on any atom is 0.341 e. The largest absolute Gasteiger partial charge is 0.462 e. The van der Waals surface area contributed by atoms with Crippen molar-refractivity contribution in [1.82, 2.24) is 0 Å². The number of esters is 1. The van der Waals surface area contributed by atoms with E-state index in [4.69, 9.17) is 4.74 Å². The Morgan fingerprint density at radius 1 is 1.10 bits per heavy atom. The minimum absolute atomic E-state index is 0.0847. The Morgan fingerprint density at radius 2 is 1.79 bits per heavy atom. The van der Waals surface area contributed by atoms with Gasteiger partial charge in [-0.25, -0.2) is 9.18 Å². The number of hydrogen-bond donors (Lipinski definition) is 1. The molecule has 0 saturated heterocycles. The molecule has 0 aliphatic heterocycles. The van der Waals surface area contributed by atoms with Crippen molar-refractivity contribution in [2.45, 2.75) is 26.7 Å². The quantitative estimate of drug-likeness (QED) is 0.498. The lowest BCUT2D eigenvalue weighted by molar-refractivity contribution is 0.0529. The van der Waals surface area contributed by atoms with Gasteiger partial charge in [-0.05, 0) is 36.1 Å². The molecule has 29 heavy (non-hydrogen) atoms. The maximum absolute atomic E-state index is 13.9. The summed E-state index contributed by atoms with van der Waals surface area (Å²) in [6.45, 7) is 6.15. The molecule has 0 unspecified atom stereocenters. The van der Waals surface area contributed by atoms with Crippen molar-refractivity contribution in [3.05, 3.63) is 76.4 Å². The molecule has 150 valence electrons. The predicted octanol–water partition coefficient (Wildman–Crippen LogP) is 6.11. The molecular weight excluding hydrogens is 389 g/mol. The number of thiophene rings is 1. The summed E-state index contributed by atoms with van der Waals surface area (Å²) in [5.74, 6) is -1.37. The average molecular weight is 411 g/mol. The standard InChI is InChI=1S/C23H22FNO3S/c1-4-28-23(27)20-18(16-11-9-15(10-12-16)14(2)3)13-29-22(20)25-21(26)17-7-5-6-8-19(17)24/h5-14H,4H2,1-3H3,(H,25,26). The van der Waals surface area contributed by atoms with Crippen LogP contribution in [0.5, 0.6) is 0 Å². The molecule has 3 rings (SSSR count). The zero-order valence-electron chi connectivity index (χ0n) is 16.5. The third-order valence-electron chi connectivity index (χ3n) is 4.50. The van der Waals surface area contributed by atoms with E-state index in [1.54, 1.807) is 18.4 Å². The molecule has 1 amide bonds. The Bertz CT molecular complexity index is 1020. The van der Waals surface area contributed by atoms with Gasteiger partial charge in [0.25, 0.3) is 5.91 Å². The molecule has 0 aliphatic rings. The fourth-order valence-corrected chi connectivity index (χ4v) is 3.88. The highest BCUT2D eigenvalue weighted by atomic mass is 32.1. The normalized spacial score (nSPS) is 10.8. The Kier molecular flexibility index (Phi) is 6.44. The van der Waals surface area contributed by atoms with Gasteiger partial charge in [-0.3, -0.25) is 4.79 Å². The van der Waals surface area contributed by atoms with E-state index in [2.05, 4.69) is 19.2 Å². The monoisotopic (exact) mass is 411 g/mol. The molecule has 0 atom stereocenters. The van der Waals surface area contributed by atoms with E-state index in [0.717, 1.165) is 5.56 Å². The Balaban J connectivity index is 1.99. The van der Waals surface area contributed by atoms with Crippen LogP contribution in [0.2, 0.25) is 0 Å². The average Bonchev–Trinajstić information content (AvgIpc) is 3.12. The first-order chi connectivity index (χ1) is 13.9. The van der Waals surface area contributed by atoms with Gasteiger partial charge in [0.05, 0.1) is 12.2 Å². The summed E-state index contributed by atoms with van der Waals surface area (Å²) in [6, 6.07) is 13.6. The van der Waals surface area contributed by atoms with Gasteiger partial charge in [0, 0.05) is 10.9 Å². The third-order valence-corrected chi connectivity index (χ3v) is 5.40. The number of hydrogen-bond acceptors (Lipinski definition) is 4. The molecule has 4 nitrogen and oxygen atoms in total. The highest BCUT2D eigenvalue weighted by molar-refractivity contribution is 7.15. The minimum Gasteiger partial charge on any atom is -0.462 e. The van der Waals surface area contributed by atoms with Crippen molar-refractivity contribution in [2.24, 2.45) is 0 Å². The van der Waals surface area contributed by atoms with E-state index in [0.29, 0.717) is 16.5 Å². The van der Waals surface area contributed by atoms with E-state index in [1.165, 1.54) is 35.1 Å². The SMILES string of the molecule is CCOC(=O)c1c(-c2ccc(C(C)C)cc2)csc1NC(=O)c1ccccc1F. The lowest BCUT2D eigenvalue weighted by Crippen LogP contribution is -2.16. The molecule has 0 spiro atoms. The molecule has 3 aromatic rings. The van der Waals surface area contributed by atoms with Crippen LogP contribution in [-0.2, 0) is 4.74 Å². The minimum atomic E-state index is -0.622. The molecule has 1 N–H and O–H groups in total. The van der Waals surface area contributed by atoms with E-state index in [1.807, 2.05) is 24.3 Å². The van der Waals surface area contributed by atoms with Crippen LogP contribution in [0.4, 0.5) is 9.39 Å². The molecule has 0 fully saturated rings. The number of benzene rings is 2. The van der Waals surface area contributed by atoms with Crippen molar-refractivity contribution >= 4 is 28.2 Å². The number of ether oxygens (including phenoxy) is 1. The lowest BCUT2D eigenvalue weighted by Gasteiger charge is -2.10. The summed E-state index contributed by atoms with van der Waals surface area (Å²) in [5.41, 5.74) is 2.90. The molecule has 0 aliphatic carbocycles. The van der Waals surface area contributed by atoms with Gasteiger partial charge in [0.1, 0.15) is 16.4 Å². The number of rotatable bonds is 6. The first-order valence-corrected chi connectivity index (χ1v) is 10.2. The molecule has 2 aromatic carbocycles. The van der Waals surface area contributed by atoms with E-state index < -0.39 is 17.7 Å². The Labute approximate surface area is 173 Å². The summed E-state index contributed by atoms with van der Waals surface area (Å²) in [4.78, 5) is 25.2. The van der Waals surface area contributed by atoms with Gasteiger partial charge in [-0.15, -0.1) is 11.3 Å². The molecule has 1 aromatic heterocycles. The van der Waals surface area contributed by atoms with Crippen molar-refractivity contribution < 1.29 is 18.7 Å². The van der Waals surface area contributed by atoms with Crippen LogP contribution in [0, 0.1) is 5.82 Å². The lowest BCUT2D eigenvalue weighted by atomic mass is 9.98. The first-order valence-electron chi connectivity index (χ1n) is 9.37. The fourth-order valence-electron chi connectivity index (χ4n) is 2.93. The van der Waals surface area contributed by atoms with Crippen LogP contribution < -0.4 is 5.32 Å². The van der Waals surface area contributed by atoms with Crippen LogP contribution in [0.3, 0.4) is 0 Å². The Morgan fingerprint density at radius 3 is 2.41 bits per heavy atom. The van der Waals surface area contributed by atoms with E-state index in [-0.39, 0.29) is 17.7 Å². The second-order valence-electron chi connectivity index (χ2n) is 6.78. The molecule has 0 radical (unpaired) electrons. The maximum atomic E-state index is 13.9. The van der Waals surface area contributed by atoms with Gasteiger partial charge in [0.15, 0.2) is 0 Å². The number of carbonyl (C=O) groups is 2. The van der Waals surface area contributed by atoms with Gasteiger partial charge in [0.2, 0.25) is 0 Å². The van der Waals surface area contributed by atoms with Crippen LogP contribution in [0.15, 0.2) is 53.9 Å². The van der Waals surface area contributed by atoms with E-state index >= 15 is 0 Å². The molecule has 0 saturated carbocycles. The summed E-state index contributed by atoms with van der Waals surface area (Å²) in [5, 5.41) is 4.80. The number of halogens is 1. The first kappa shape index (κ1) is 20.7. The summed E-state index contributed by atoms with van der Waals surface area (Å²) < 4.78 is 19.2. The van der Waals surface area contributed by atoms with Crippen LogP contribution in [-0.4, -0.2) is 18.5 Å². The second-order valence-corrected chi connectivity index (χ2v) is 7.66. The zero-order chi connectivity index (χ0) is 21.0.